The van der Waals surface area contributed by atoms with Crippen molar-refractivity contribution in [1.29, 1.82) is 0 Å². The van der Waals surface area contributed by atoms with E-state index in [0.29, 0.717) is 8.96 Å². The van der Waals surface area contributed by atoms with E-state index in [2.05, 4.69) is 31.9 Å². The van der Waals surface area contributed by atoms with Gasteiger partial charge in [0.2, 0.25) is 0 Å². The molecule has 3 nitrogen and oxygen atoms in total. The monoisotopic (exact) mass is 444 g/mol. The van der Waals surface area contributed by atoms with E-state index in [9.17, 15) is 4.79 Å². The summed E-state index contributed by atoms with van der Waals surface area (Å²) in [5.74, 6) is -0.0478. The quantitative estimate of drug-likeness (QED) is 0.491. The molecule has 3 aromatic rings. The fraction of sp³-hybridized carbons (Fsp3) is 0.0526. The van der Waals surface area contributed by atoms with Crippen molar-refractivity contribution in [2.45, 2.75) is 6.92 Å². The molecule has 0 spiro atoms. The lowest BCUT2D eigenvalue weighted by Crippen LogP contribution is -1.93. The van der Waals surface area contributed by atoms with Gasteiger partial charge in [-0.25, -0.2) is 4.68 Å². The summed E-state index contributed by atoms with van der Waals surface area (Å²) in [5.41, 5.74) is 3.61. The summed E-state index contributed by atoms with van der Waals surface area (Å²) in [5, 5.41) is 4.73. The van der Waals surface area contributed by atoms with Crippen molar-refractivity contribution >= 4 is 42.1 Å². The van der Waals surface area contributed by atoms with Gasteiger partial charge in [-0.05, 0) is 50.9 Å². The number of ketones is 1. The minimum atomic E-state index is -0.0478. The van der Waals surface area contributed by atoms with Gasteiger partial charge in [0.25, 0.3) is 0 Å². The normalized spacial score (nSPS) is 12.0. The lowest BCUT2D eigenvalue weighted by Gasteiger charge is -2.03. The number of Topliss-reactive ketones (excluding diaryl/α,β-unsaturated/α-hetero) is 1. The number of rotatable bonds is 4. The van der Waals surface area contributed by atoms with Crippen LogP contribution in [0.1, 0.15) is 12.5 Å². The Labute approximate surface area is 157 Å². The third-order valence-electron chi connectivity index (χ3n) is 3.52. The smallest absolute Gasteiger partial charge is 0.167 e. The summed E-state index contributed by atoms with van der Waals surface area (Å²) in [7, 11) is 0. The van der Waals surface area contributed by atoms with E-state index in [0.717, 1.165) is 22.5 Å². The molecule has 0 aliphatic carbocycles. The van der Waals surface area contributed by atoms with Gasteiger partial charge < -0.3 is 0 Å². The van der Waals surface area contributed by atoms with Crippen molar-refractivity contribution in [3.63, 3.8) is 0 Å². The lowest BCUT2D eigenvalue weighted by atomic mass is 10.1. The number of para-hydroxylation sites is 1. The van der Waals surface area contributed by atoms with Crippen LogP contribution in [0.3, 0.4) is 0 Å². The summed E-state index contributed by atoms with van der Waals surface area (Å²) in [6, 6.07) is 19.8. The largest absolute Gasteiger partial charge is 0.294 e. The molecule has 0 atom stereocenters. The lowest BCUT2D eigenvalue weighted by molar-refractivity contribution is -0.112. The first-order valence-electron chi connectivity index (χ1n) is 7.35. The van der Waals surface area contributed by atoms with Gasteiger partial charge >= 0.3 is 0 Å². The average molecular weight is 446 g/mol. The number of carbonyl (C=O) groups excluding carboxylic acids is 1. The Hall–Kier alpha value is -1.98. The molecule has 0 saturated heterocycles. The van der Waals surface area contributed by atoms with Gasteiger partial charge in [-0.1, -0.05) is 48.5 Å². The van der Waals surface area contributed by atoms with Crippen molar-refractivity contribution in [3.8, 4) is 16.9 Å². The molecule has 0 bridgehead atoms. The summed E-state index contributed by atoms with van der Waals surface area (Å²) >= 11 is 6.91. The Balaban J connectivity index is 2.22. The number of halogens is 2. The highest BCUT2D eigenvalue weighted by atomic mass is 79.9. The van der Waals surface area contributed by atoms with E-state index in [1.807, 2.05) is 71.5 Å². The van der Waals surface area contributed by atoms with Crippen molar-refractivity contribution < 1.29 is 4.79 Å². The van der Waals surface area contributed by atoms with Crippen LogP contribution in [-0.4, -0.2) is 15.6 Å². The van der Waals surface area contributed by atoms with Crippen molar-refractivity contribution in [2.24, 2.45) is 0 Å². The minimum Gasteiger partial charge on any atom is -0.294 e. The van der Waals surface area contributed by atoms with Crippen LogP contribution in [0.2, 0.25) is 0 Å². The molecule has 0 amide bonds. The maximum Gasteiger partial charge on any atom is 0.167 e. The number of hydrogen-bond acceptors (Lipinski definition) is 2. The fourth-order valence-electron chi connectivity index (χ4n) is 2.33. The van der Waals surface area contributed by atoms with Crippen LogP contribution in [0.15, 0.2) is 71.3 Å². The Kier molecular flexibility index (Phi) is 5.11. The van der Waals surface area contributed by atoms with Gasteiger partial charge in [0, 0.05) is 21.8 Å². The van der Waals surface area contributed by atoms with Crippen LogP contribution < -0.4 is 0 Å². The Morgan fingerprint density at radius 3 is 2.12 bits per heavy atom. The molecular formula is C19H14Br2N2O. The molecule has 0 radical (unpaired) electrons. The number of aromatic nitrogens is 2. The highest BCUT2D eigenvalue weighted by Crippen LogP contribution is 2.36. The summed E-state index contributed by atoms with van der Waals surface area (Å²) in [6.45, 7) is 1.52. The minimum absolute atomic E-state index is 0.0478. The van der Waals surface area contributed by atoms with Crippen molar-refractivity contribution in [2.75, 3.05) is 0 Å². The first-order valence-corrected chi connectivity index (χ1v) is 8.93. The Bertz CT molecular complexity index is 900. The third kappa shape index (κ3) is 3.42. The molecule has 5 heteroatoms. The summed E-state index contributed by atoms with van der Waals surface area (Å²) < 4.78 is 3.00. The van der Waals surface area contributed by atoms with E-state index in [1.165, 1.54) is 6.92 Å². The molecule has 3 rings (SSSR count). The summed E-state index contributed by atoms with van der Waals surface area (Å²) in [4.78, 5) is 11.7. The third-order valence-corrected chi connectivity index (χ3v) is 5.83. The highest BCUT2D eigenvalue weighted by molar-refractivity contribution is 9.16. The van der Waals surface area contributed by atoms with Gasteiger partial charge in [0.15, 0.2) is 5.78 Å². The molecule has 2 aromatic carbocycles. The molecule has 0 aliphatic rings. The number of benzene rings is 2. The van der Waals surface area contributed by atoms with Gasteiger partial charge in [0.05, 0.1) is 10.2 Å². The topological polar surface area (TPSA) is 34.9 Å². The molecule has 1 heterocycles. The van der Waals surface area contributed by atoms with Gasteiger partial charge in [0.1, 0.15) is 5.69 Å². The fourth-order valence-corrected chi connectivity index (χ4v) is 3.11. The molecule has 0 aliphatic heterocycles. The van der Waals surface area contributed by atoms with Crippen LogP contribution in [0, 0.1) is 0 Å². The van der Waals surface area contributed by atoms with Crippen molar-refractivity contribution in [3.05, 3.63) is 76.9 Å². The van der Waals surface area contributed by atoms with Gasteiger partial charge in [-0.15, -0.1) is 0 Å². The molecule has 0 saturated carbocycles. The SMILES string of the molecule is CC(=O)C(Br)=C(Br)c1cn(-c2ccccc2)nc1-c1ccccc1. The second-order valence-corrected chi connectivity index (χ2v) is 6.81. The number of nitrogens with zero attached hydrogens (tertiary/aromatic N) is 2. The molecule has 0 N–H and O–H groups in total. The van der Waals surface area contributed by atoms with Crippen LogP contribution in [-0.2, 0) is 4.79 Å². The molecule has 1 aromatic heterocycles. The second-order valence-electron chi connectivity index (χ2n) is 5.22. The highest BCUT2D eigenvalue weighted by Gasteiger charge is 2.18. The number of allylic oxidation sites excluding steroid dienone is 1. The molecule has 120 valence electrons. The van der Waals surface area contributed by atoms with E-state index in [1.54, 1.807) is 0 Å². The Morgan fingerprint density at radius 2 is 1.54 bits per heavy atom. The molecule has 0 unspecified atom stereocenters. The maximum absolute atomic E-state index is 11.7. The zero-order chi connectivity index (χ0) is 17.1. The Morgan fingerprint density at radius 1 is 0.958 bits per heavy atom. The average Bonchev–Trinajstić information content (AvgIpc) is 3.07. The number of carbonyl (C=O) groups is 1. The molecule has 0 fully saturated rings. The van der Waals surface area contributed by atoms with Gasteiger partial charge in [-0.2, -0.15) is 5.10 Å². The van der Waals surface area contributed by atoms with E-state index >= 15 is 0 Å². The molecule has 24 heavy (non-hydrogen) atoms. The maximum atomic E-state index is 11.7. The van der Waals surface area contributed by atoms with E-state index in [4.69, 9.17) is 5.10 Å². The summed E-state index contributed by atoms with van der Waals surface area (Å²) in [6.07, 6.45) is 1.92. The van der Waals surface area contributed by atoms with Crippen LogP contribution in [0.5, 0.6) is 0 Å². The van der Waals surface area contributed by atoms with Crippen LogP contribution >= 0.6 is 31.9 Å². The second kappa shape index (κ2) is 7.28. The van der Waals surface area contributed by atoms with Crippen LogP contribution in [0.4, 0.5) is 0 Å². The zero-order valence-electron chi connectivity index (χ0n) is 12.9. The number of hydrogen-bond donors (Lipinski definition) is 0. The first kappa shape index (κ1) is 16.9. The predicted octanol–water partition coefficient (Wildman–Crippen LogP) is 5.59. The zero-order valence-corrected chi connectivity index (χ0v) is 16.1. The van der Waals surface area contributed by atoms with Gasteiger partial charge in [-0.3, -0.25) is 4.79 Å². The van der Waals surface area contributed by atoms with E-state index < -0.39 is 0 Å². The standard InChI is InChI=1S/C19H14Br2N2O/c1-13(24)17(20)18(21)16-12-23(15-10-6-3-7-11-15)22-19(16)14-8-4-2-5-9-14/h2-12H,1H3. The molecular weight excluding hydrogens is 432 g/mol. The van der Waals surface area contributed by atoms with E-state index in [-0.39, 0.29) is 5.78 Å². The first-order chi connectivity index (χ1) is 11.6. The predicted molar refractivity (Wildman–Crippen MR) is 104 cm³/mol. The van der Waals surface area contributed by atoms with Crippen molar-refractivity contribution in [1.82, 2.24) is 9.78 Å². The van der Waals surface area contributed by atoms with Crippen LogP contribution in [0.25, 0.3) is 21.4 Å².